The van der Waals surface area contributed by atoms with Gasteiger partial charge in [0.15, 0.2) is 0 Å². The summed E-state index contributed by atoms with van der Waals surface area (Å²) in [6, 6.07) is 7.76. The smallest absolute Gasteiger partial charge is 0.229 e. The molecule has 0 radical (unpaired) electrons. The summed E-state index contributed by atoms with van der Waals surface area (Å²) < 4.78 is 7.85. The molecule has 2 atom stereocenters. The van der Waals surface area contributed by atoms with Gasteiger partial charge in [-0.1, -0.05) is 6.42 Å². The summed E-state index contributed by atoms with van der Waals surface area (Å²) >= 11 is 0. The summed E-state index contributed by atoms with van der Waals surface area (Å²) in [5, 5.41) is 10.6. The molecule has 2 heterocycles. The summed E-state index contributed by atoms with van der Waals surface area (Å²) in [6.45, 7) is 1.49. The van der Waals surface area contributed by atoms with E-state index in [1.54, 1.807) is 4.68 Å². The lowest BCUT2D eigenvalue weighted by Gasteiger charge is -2.23. The summed E-state index contributed by atoms with van der Waals surface area (Å²) in [7, 11) is 1.90. The number of hydrogen-bond acceptors (Lipinski definition) is 4. The number of hydrogen-bond donors (Lipinski definition) is 2. The molecule has 0 bridgehead atoms. The summed E-state index contributed by atoms with van der Waals surface area (Å²) in [5.41, 5.74) is 1.92. The van der Waals surface area contributed by atoms with Crippen molar-refractivity contribution < 1.29 is 9.53 Å². The lowest BCUT2D eigenvalue weighted by atomic mass is 9.90. The third-order valence-electron chi connectivity index (χ3n) is 5.68. The molecule has 1 aliphatic heterocycles. The number of aryl methyl sites for hydroxylation is 1. The van der Waals surface area contributed by atoms with Crippen LogP contribution in [0.15, 0.2) is 36.7 Å². The van der Waals surface area contributed by atoms with E-state index in [4.69, 9.17) is 4.74 Å². The molecular weight excluding hydrogens is 376 g/mol. The molecule has 152 valence electrons. The summed E-state index contributed by atoms with van der Waals surface area (Å²) in [4.78, 5) is 12.8. The van der Waals surface area contributed by atoms with Crippen LogP contribution in [0.1, 0.15) is 43.6 Å². The molecule has 0 spiro atoms. The molecule has 0 unspecified atom stereocenters. The van der Waals surface area contributed by atoms with Crippen LogP contribution in [-0.2, 0) is 11.8 Å². The normalized spacial score (nSPS) is 22.5. The Balaban J connectivity index is 0.00000225. The SMILES string of the molecule is Cl.Cn1cc([C@H]2CNC[C@@H]2C(=O)Nc2ccc(OC3CCCCC3)cc2)cn1. The molecular formula is C21H29ClN4O2. The topological polar surface area (TPSA) is 68.2 Å². The van der Waals surface area contributed by atoms with Crippen molar-refractivity contribution in [2.45, 2.75) is 44.1 Å². The Bertz CT molecular complexity index is 771. The van der Waals surface area contributed by atoms with Crippen LogP contribution < -0.4 is 15.4 Å². The highest BCUT2D eigenvalue weighted by molar-refractivity contribution is 5.93. The number of halogens is 1. The van der Waals surface area contributed by atoms with Crippen molar-refractivity contribution in [3.8, 4) is 5.75 Å². The average molecular weight is 405 g/mol. The van der Waals surface area contributed by atoms with Crippen molar-refractivity contribution >= 4 is 24.0 Å². The maximum Gasteiger partial charge on any atom is 0.229 e. The van der Waals surface area contributed by atoms with Crippen LogP contribution in [0.4, 0.5) is 5.69 Å². The van der Waals surface area contributed by atoms with Gasteiger partial charge in [0.05, 0.1) is 18.2 Å². The fourth-order valence-electron chi connectivity index (χ4n) is 4.16. The van der Waals surface area contributed by atoms with E-state index in [9.17, 15) is 4.79 Å². The van der Waals surface area contributed by atoms with Crippen LogP contribution in [0.2, 0.25) is 0 Å². The van der Waals surface area contributed by atoms with Crippen molar-refractivity contribution in [2.24, 2.45) is 13.0 Å². The van der Waals surface area contributed by atoms with Gasteiger partial charge in [-0.05, 0) is 55.5 Å². The zero-order valence-corrected chi connectivity index (χ0v) is 17.1. The lowest BCUT2D eigenvalue weighted by Crippen LogP contribution is -2.28. The predicted octanol–water partition coefficient (Wildman–Crippen LogP) is 3.50. The number of anilines is 1. The Kier molecular flexibility index (Phi) is 6.97. The molecule has 2 N–H and O–H groups in total. The first kappa shape index (κ1) is 20.7. The van der Waals surface area contributed by atoms with Gasteiger partial charge in [0.1, 0.15) is 5.75 Å². The lowest BCUT2D eigenvalue weighted by molar-refractivity contribution is -0.119. The van der Waals surface area contributed by atoms with Crippen LogP contribution in [0.3, 0.4) is 0 Å². The summed E-state index contributed by atoms with van der Waals surface area (Å²) in [5.74, 6) is 1.01. The maximum absolute atomic E-state index is 12.8. The van der Waals surface area contributed by atoms with E-state index in [2.05, 4.69) is 15.7 Å². The number of rotatable bonds is 5. The highest BCUT2D eigenvalue weighted by Gasteiger charge is 2.34. The van der Waals surface area contributed by atoms with E-state index >= 15 is 0 Å². The Morgan fingerprint density at radius 1 is 1.18 bits per heavy atom. The minimum Gasteiger partial charge on any atom is -0.490 e. The Morgan fingerprint density at radius 3 is 2.61 bits per heavy atom. The van der Waals surface area contributed by atoms with E-state index in [1.807, 2.05) is 43.7 Å². The minimum atomic E-state index is -0.0904. The molecule has 2 fully saturated rings. The fraction of sp³-hybridized carbons (Fsp3) is 0.524. The van der Waals surface area contributed by atoms with Crippen molar-refractivity contribution in [3.05, 3.63) is 42.2 Å². The van der Waals surface area contributed by atoms with Crippen LogP contribution in [0, 0.1) is 5.92 Å². The Morgan fingerprint density at radius 2 is 1.93 bits per heavy atom. The van der Waals surface area contributed by atoms with E-state index in [0.717, 1.165) is 36.4 Å². The van der Waals surface area contributed by atoms with Crippen LogP contribution >= 0.6 is 12.4 Å². The van der Waals surface area contributed by atoms with Crippen LogP contribution in [0.25, 0.3) is 0 Å². The van der Waals surface area contributed by atoms with Crippen molar-refractivity contribution in [1.82, 2.24) is 15.1 Å². The molecule has 2 aromatic rings. The van der Waals surface area contributed by atoms with Gasteiger partial charge in [-0.2, -0.15) is 5.10 Å². The molecule has 1 amide bonds. The largest absolute Gasteiger partial charge is 0.490 e. The Hall–Kier alpha value is -2.05. The number of carbonyl (C=O) groups is 1. The monoisotopic (exact) mass is 404 g/mol. The number of nitrogens with one attached hydrogen (secondary N) is 2. The van der Waals surface area contributed by atoms with Gasteiger partial charge < -0.3 is 15.4 Å². The minimum absolute atomic E-state index is 0. The predicted molar refractivity (Wildman–Crippen MR) is 112 cm³/mol. The number of amides is 1. The highest BCUT2D eigenvalue weighted by Crippen LogP contribution is 2.29. The van der Waals surface area contributed by atoms with Crippen molar-refractivity contribution in [3.63, 3.8) is 0 Å². The molecule has 1 saturated carbocycles. The third-order valence-corrected chi connectivity index (χ3v) is 5.68. The fourth-order valence-corrected chi connectivity index (χ4v) is 4.16. The number of carbonyl (C=O) groups excluding carboxylic acids is 1. The number of benzene rings is 1. The third kappa shape index (κ3) is 4.86. The molecule has 1 aliphatic carbocycles. The quantitative estimate of drug-likeness (QED) is 0.800. The first-order chi connectivity index (χ1) is 13.2. The van der Waals surface area contributed by atoms with Crippen molar-refractivity contribution in [2.75, 3.05) is 18.4 Å². The maximum atomic E-state index is 12.8. The number of nitrogens with zero attached hydrogens (tertiary/aromatic N) is 2. The molecule has 4 rings (SSSR count). The van der Waals surface area contributed by atoms with E-state index in [1.165, 1.54) is 19.3 Å². The first-order valence-electron chi connectivity index (χ1n) is 9.96. The molecule has 1 aromatic carbocycles. The van der Waals surface area contributed by atoms with Crippen LogP contribution in [-0.4, -0.2) is 34.9 Å². The van der Waals surface area contributed by atoms with E-state index in [0.29, 0.717) is 12.6 Å². The van der Waals surface area contributed by atoms with Gasteiger partial charge >= 0.3 is 0 Å². The number of ether oxygens (including phenoxy) is 1. The van der Waals surface area contributed by atoms with Gasteiger partial charge in [-0.25, -0.2) is 0 Å². The van der Waals surface area contributed by atoms with Gasteiger partial charge in [0.2, 0.25) is 5.91 Å². The first-order valence-corrected chi connectivity index (χ1v) is 9.96. The van der Waals surface area contributed by atoms with Crippen molar-refractivity contribution in [1.29, 1.82) is 0 Å². The average Bonchev–Trinajstić information content (AvgIpc) is 3.33. The summed E-state index contributed by atoms with van der Waals surface area (Å²) in [6.07, 6.45) is 10.3. The zero-order chi connectivity index (χ0) is 18.6. The molecule has 2 aliphatic rings. The Labute approximate surface area is 172 Å². The second-order valence-corrected chi connectivity index (χ2v) is 7.71. The molecule has 7 heteroatoms. The second-order valence-electron chi connectivity index (χ2n) is 7.71. The van der Waals surface area contributed by atoms with Gasteiger partial charge in [0.25, 0.3) is 0 Å². The van der Waals surface area contributed by atoms with E-state index in [-0.39, 0.29) is 30.2 Å². The second kappa shape index (κ2) is 9.43. The highest BCUT2D eigenvalue weighted by atomic mass is 35.5. The van der Waals surface area contributed by atoms with Gasteiger partial charge in [-0.3, -0.25) is 9.48 Å². The molecule has 1 saturated heterocycles. The molecule has 1 aromatic heterocycles. The van der Waals surface area contributed by atoms with Gasteiger partial charge in [-0.15, -0.1) is 12.4 Å². The standard InChI is InChI=1S/C21H28N4O2.ClH/c1-25-14-15(11-23-25)19-12-22-13-20(19)21(26)24-16-7-9-18(10-8-16)27-17-5-3-2-4-6-17;/h7-11,14,17,19-20,22H,2-6,12-13H2,1H3,(H,24,26);1H/t19-,20+;/m1./s1. The zero-order valence-electron chi connectivity index (χ0n) is 16.3. The number of aromatic nitrogens is 2. The van der Waals surface area contributed by atoms with Gasteiger partial charge in [0, 0.05) is 37.9 Å². The molecule has 6 nitrogen and oxygen atoms in total. The van der Waals surface area contributed by atoms with E-state index < -0.39 is 0 Å². The van der Waals surface area contributed by atoms with Crippen LogP contribution in [0.5, 0.6) is 5.75 Å². The molecule has 28 heavy (non-hydrogen) atoms.